The summed E-state index contributed by atoms with van der Waals surface area (Å²) in [7, 11) is 0. The number of hydrogen-bond acceptors (Lipinski definition) is 6. The van der Waals surface area contributed by atoms with Crippen LogP contribution in [0.4, 0.5) is 16.2 Å². The van der Waals surface area contributed by atoms with E-state index in [2.05, 4.69) is 15.6 Å². The van der Waals surface area contributed by atoms with Crippen molar-refractivity contribution in [2.75, 3.05) is 56.9 Å². The molecule has 0 unspecified atom stereocenters. The van der Waals surface area contributed by atoms with E-state index in [-0.39, 0.29) is 30.3 Å². The van der Waals surface area contributed by atoms with Gasteiger partial charge < -0.3 is 30.7 Å². The molecule has 0 saturated carbocycles. The monoisotopic (exact) mass is 640 g/mol. The van der Waals surface area contributed by atoms with Crippen LogP contribution in [-0.2, 0) is 22.4 Å². The lowest BCUT2D eigenvalue weighted by molar-refractivity contribution is -0.143. The molecule has 5 heterocycles. The largest absolute Gasteiger partial charge is 0.397 e. The van der Waals surface area contributed by atoms with Crippen molar-refractivity contribution in [3.05, 3.63) is 44.6 Å². The smallest absolute Gasteiger partial charge is 0.322 e. The number of benzene rings is 1. The van der Waals surface area contributed by atoms with E-state index in [0.717, 1.165) is 62.0 Å². The summed E-state index contributed by atoms with van der Waals surface area (Å²) in [5, 5.41) is 7.64. The molecule has 0 radical (unpaired) electrons. The van der Waals surface area contributed by atoms with E-state index in [9.17, 15) is 14.4 Å². The van der Waals surface area contributed by atoms with Crippen molar-refractivity contribution in [1.82, 2.24) is 19.6 Å². The van der Waals surface area contributed by atoms with Gasteiger partial charge in [0.2, 0.25) is 11.8 Å². The second-order valence-electron chi connectivity index (χ2n) is 13.0. The fourth-order valence-corrected chi connectivity index (χ4v) is 8.68. The molecule has 1 aromatic carbocycles. The number of carbonyl (C=O) groups excluding carboxylic acids is 3. The van der Waals surface area contributed by atoms with Crippen LogP contribution in [0, 0.1) is 12.8 Å². The first-order valence-corrected chi connectivity index (χ1v) is 17.6. The van der Waals surface area contributed by atoms with Crippen molar-refractivity contribution in [3.63, 3.8) is 0 Å². The zero-order valence-electron chi connectivity index (χ0n) is 25.7. The van der Waals surface area contributed by atoms with Crippen LogP contribution in [0.25, 0.3) is 0 Å². The molecular formula is C33H45ClN6O3S. The van der Waals surface area contributed by atoms with Crippen LogP contribution >= 0.6 is 22.9 Å². The molecule has 6 rings (SSSR count). The zero-order valence-corrected chi connectivity index (χ0v) is 27.3. The Hall–Kier alpha value is -2.82. The molecular weight excluding hydrogens is 596 g/mol. The van der Waals surface area contributed by atoms with Gasteiger partial charge in [-0.25, -0.2) is 4.79 Å². The number of anilines is 2. The van der Waals surface area contributed by atoms with Gasteiger partial charge in [-0.15, -0.1) is 11.3 Å². The summed E-state index contributed by atoms with van der Waals surface area (Å²) in [6.45, 7) is 7.59. The van der Waals surface area contributed by atoms with Crippen molar-refractivity contribution in [3.8, 4) is 0 Å². The highest BCUT2D eigenvalue weighted by Gasteiger charge is 2.35. The Balaban J connectivity index is 1.09. The maximum atomic E-state index is 14.0. The maximum Gasteiger partial charge on any atom is 0.322 e. The van der Waals surface area contributed by atoms with Gasteiger partial charge in [0, 0.05) is 56.6 Å². The van der Waals surface area contributed by atoms with Crippen molar-refractivity contribution in [1.29, 1.82) is 0 Å². The third-order valence-electron chi connectivity index (χ3n) is 10.2. The number of hydrogen-bond donors (Lipinski definition) is 2. The van der Waals surface area contributed by atoms with Crippen LogP contribution in [0.2, 0.25) is 5.02 Å². The quantitative estimate of drug-likeness (QED) is 0.415. The minimum atomic E-state index is -0.460. The Morgan fingerprint density at radius 3 is 2.36 bits per heavy atom. The number of amides is 4. The average Bonchev–Trinajstić information content (AvgIpc) is 3.70. The van der Waals surface area contributed by atoms with Gasteiger partial charge in [-0.1, -0.05) is 17.7 Å². The fourth-order valence-electron chi connectivity index (χ4n) is 7.56. The molecule has 3 N–H and O–H groups in total. The predicted molar refractivity (Wildman–Crippen MR) is 176 cm³/mol. The second-order valence-corrected chi connectivity index (χ2v) is 14.2. The molecule has 3 saturated heterocycles. The number of nitrogens with zero attached hydrogens (tertiary/aromatic N) is 4. The van der Waals surface area contributed by atoms with Gasteiger partial charge in [0.1, 0.15) is 0 Å². The first kappa shape index (κ1) is 31.2. The molecule has 3 fully saturated rings. The van der Waals surface area contributed by atoms with Gasteiger partial charge in [-0.2, -0.15) is 0 Å². The lowest BCUT2D eigenvalue weighted by Gasteiger charge is -2.39. The molecule has 44 heavy (non-hydrogen) atoms. The molecule has 0 bridgehead atoms. The third kappa shape index (κ3) is 6.87. The van der Waals surface area contributed by atoms with Crippen LogP contribution in [0.5, 0.6) is 0 Å². The van der Waals surface area contributed by atoms with Gasteiger partial charge >= 0.3 is 6.03 Å². The lowest BCUT2D eigenvalue weighted by atomic mass is 9.91. The number of piperidine rings is 2. The number of urea groups is 1. The van der Waals surface area contributed by atoms with Crippen LogP contribution in [0.15, 0.2) is 22.9 Å². The summed E-state index contributed by atoms with van der Waals surface area (Å²) >= 11 is 8.03. The Morgan fingerprint density at radius 2 is 1.66 bits per heavy atom. The normalized spacial score (nSPS) is 21.2. The van der Waals surface area contributed by atoms with E-state index in [0.29, 0.717) is 42.8 Å². The number of thiophene rings is 1. The van der Waals surface area contributed by atoms with Gasteiger partial charge in [-0.3, -0.25) is 9.59 Å². The van der Waals surface area contributed by atoms with Gasteiger partial charge in [0.15, 0.2) is 0 Å². The first-order chi connectivity index (χ1) is 21.3. The lowest BCUT2D eigenvalue weighted by Crippen LogP contribution is -2.51. The van der Waals surface area contributed by atoms with Gasteiger partial charge in [-0.05, 0) is 99.5 Å². The number of nitrogens with two attached hydrogens (primary N) is 1. The minimum absolute atomic E-state index is 0.00852. The van der Waals surface area contributed by atoms with Crippen LogP contribution in [0.1, 0.15) is 61.6 Å². The minimum Gasteiger partial charge on any atom is -0.397 e. The second kappa shape index (κ2) is 13.7. The van der Waals surface area contributed by atoms with E-state index in [1.165, 1.54) is 31.5 Å². The molecule has 1 aromatic heterocycles. The number of carbonyl (C=O) groups is 3. The molecule has 1 atom stereocenters. The van der Waals surface area contributed by atoms with E-state index < -0.39 is 5.92 Å². The Labute approximate surface area is 269 Å². The highest BCUT2D eigenvalue weighted by molar-refractivity contribution is 7.08. The average molecular weight is 641 g/mol. The Morgan fingerprint density at radius 1 is 0.977 bits per heavy atom. The van der Waals surface area contributed by atoms with E-state index in [1.807, 2.05) is 39.1 Å². The van der Waals surface area contributed by atoms with Crippen LogP contribution in [0.3, 0.4) is 0 Å². The molecule has 0 spiro atoms. The number of halogens is 1. The van der Waals surface area contributed by atoms with Crippen molar-refractivity contribution < 1.29 is 14.4 Å². The molecule has 4 aliphatic rings. The summed E-state index contributed by atoms with van der Waals surface area (Å²) in [5.74, 6) is -0.390. The Bertz CT molecular complexity index is 1340. The molecule has 0 aliphatic carbocycles. The predicted octanol–water partition coefficient (Wildman–Crippen LogP) is 5.01. The van der Waals surface area contributed by atoms with E-state index in [4.69, 9.17) is 17.3 Å². The summed E-state index contributed by atoms with van der Waals surface area (Å²) in [4.78, 5) is 49.1. The zero-order chi connectivity index (χ0) is 30.8. The fraction of sp³-hybridized carbons (Fsp3) is 0.606. The number of likely N-dealkylation sites (tertiary alicyclic amines) is 3. The topological polar surface area (TPSA) is 102 Å². The molecule has 238 valence electrons. The number of aryl methyl sites for hydroxylation is 1. The van der Waals surface area contributed by atoms with Crippen molar-refractivity contribution >= 4 is 52.2 Å². The summed E-state index contributed by atoms with van der Waals surface area (Å²) in [6.07, 6.45) is 7.45. The van der Waals surface area contributed by atoms with Crippen molar-refractivity contribution in [2.45, 2.75) is 76.8 Å². The molecule has 9 nitrogen and oxygen atoms in total. The molecule has 4 aliphatic heterocycles. The standard InChI is InChI=1S/C33H45ClN6O3S/c1-22-16-23(18-28(34)31(22)35)17-25(32(42)39-13-5-26(6-14-39)37-9-2-3-10-37)19-30(41)38-11-7-27(8-12-38)40-15-4-24-20-44-21-29(24)36-33(40)43/h16,18,20-21,25-27H,2-15,17,19,35H2,1H3,(H,36,43)/t25-/m0/s1. The number of nitrogen functional groups attached to an aromatic ring is 1. The number of rotatable bonds is 7. The third-order valence-corrected chi connectivity index (χ3v) is 11.3. The highest BCUT2D eigenvalue weighted by atomic mass is 35.5. The molecule has 11 heteroatoms. The van der Waals surface area contributed by atoms with Crippen LogP contribution < -0.4 is 11.1 Å². The van der Waals surface area contributed by atoms with Gasteiger partial charge in [0.25, 0.3) is 0 Å². The van der Waals surface area contributed by atoms with Gasteiger partial charge in [0.05, 0.1) is 22.3 Å². The maximum absolute atomic E-state index is 14.0. The highest BCUT2D eigenvalue weighted by Crippen LogP contribution is 2.30. The summed E-state index contributed by atoms with van der Waals surface area (Å²) < 4.78 is 0. The number of nitrogens with one attached hydrogen (secondary N) is 1. The summed E-state index contributed by atoms with van der Waals surface area (Å²) in [6, 6.07) is 4.43. The molecule has 4 amide bonds. The van der Waals surface area contributed by atoms with E-state index in [1.54, 1.807) is 11.3 Å². The number of fused-ring (bicyclic) bond motifs is 1. The van der Waals surface area contributed by atoms with Crippen LogP contribution in [-0.4, -0.2) is 95.3 Å². The van der Waals surface area contributed by atoms with Crippen molar-refractivity contribution in [2.24, 2.45) is 5.92 Å². The summed E-state index contributed by atoms with van der Waals surface area (Å²) in [5.41, 5.74) is 10.6. The molecule has 2 aromatic rings. The SMILES string of the molecule is Cc1cc(C[C@@H](CC(=O)N2CCC(N3CCc4cscc4NC3=O)CC2)C(=O)N2CCC(N3CCCC3)CC2)cc(Cl)c1N. The van der Waals surface area contributed by atoms with E-state index >= 15 is 0 Å². The first-order valence-electron chi connectivity index (χ1n) is 16.2. The Kier molecular flexibility index (Phi) is 9.68.